The quantitative estimate of drug-likeness (QED) is 0.760. The van der Waals surface area contributed by atoms with Gasteiger partial charge in [-0.3, -0.25) is 0 Å². The van der Waals surface area contributed by atoms with Gasteiger partial charge in [-0.15, -0.1) is 0 Å². The third kappa shape index (κ3) is 5.19. The molecule has 0 aliphatic heterocycles. The van der Waals surface area contributed by atoms with Crippen LogP contribution in [0.4, 0.5) is 0 Å². The first-order valence-corrected chi connectivity index (χ1v) is 7.14. The lowest BCUT2D eigenvalue weighted by Gasteiger charge is -2.23. The van der Waals surface area contributed by atoms with Crippen molar-refractivity contribution in [2.75, 3.05) is 27.2 Å². The second kappa shape index (κ2) is 8.28. The van der Waals surface area contributed by atoms with Crippen LogP contribution in [0, 0.1) is 0 Å². The lowest BCUT2D eigenvalue weighted by atomic mass is 10.0. The fourth-order valence-electron chi connectivity index (χ4n) is 2.23. The van der Waals surface area contributed by atoms with E-state index in [1.807, 2.05) is 0 Å². The highest BCUT2D eigenvalue weighted by Crippen LogP contribution is 2.16. The first kappa shape index (κ1) is 15.2. The summed E-state index contributed by atoms with van der Waals surface area (Å²) < 4.78 is 0. The van der Waals surface area contributed by atoms with E-state index in [-0.39, 0.29) is 0 Å². The van der Waals surface area contributed by atoms with Crippen molar-refractivity contribution in [1.82, 2.24) is 10.2 Å². The van der Waals surface area contributed by atoms with Gasteiger partial charge in [0.2, 0.25) is 0 Å². The fraction of sp³-hybridized carbons (Fsp3) is 0.625. The fourth-order valence-corrected chi connectivity index (χ4v) is 2.23. The SMILES string of the molecule is CCCNC(CN(C)C)c1cccc(CCC)c1. The van der Waals surface area contributed by atoms with Crippen molar-refractivity contribution < 1.29 is 0 Å². The van der Waals surface area contributed by atoms with Gasteiger partial charge in [-0.25, -0.2) is 0 Å². The first-order valence-electron chi connectivity index (χ1n) is 7.14. The lowest BCUT2D eigenvalue weighted by molar-refractivity contribution is 0.342. The molecule has 0 radical (unpaired) electrons. The minimum absolute atomic E-state index is 0.441. The number of likely N-dealkylation sites (N-methyl/N-ethyl adjacent to an activating group) is 1. The van der Waals surface area contributed by atoms with Gasteiger partial charge in [0.25, 0.3) is 0 Å². The molecule has 2 heteroatoms. The maximum Gasteiger partial charge on any atom is 0.0449 e. The Morgan fingerprint density at radius 1 is 1.17 bits per heavy atom. The molecule has 0 saturated heterocycles. The van der Waals surface area contributed by atoms with Crippen molar-refractivity contribution in [3.8, 4) is 0 Å². The number of aryl methyl sites for hydroxylation is 1. The molecule has 0 aliphatic carbocycles. The average Bonchev–Trinajstić information content (AvgIpc) is 2.35. The van der Waals surface area contributed by atoms with Crippen molar-refractivity contribution in [3.63, 3.8) is 0 Å². The molecule has 0 aliphatic rings. The van der Waals surface area contributed by atoms with Crippen molar-refractivity contribution in [2.45, 2.75) is 39.2 Å². The minimum Gasteiger partial charge on any atom is -0.309 e. The summed E-state index contributed by atoms with van der Waals surface area (Å²) in [6.45, 7) is 6.58. The van der Waals surface area contributed by atoms with Crippen molar-refractivity contribution in [1.29, 1.82) is 0 Å². The molecule has 2 nitrogen and oxygen atoms in total. The number of hydrogen-bond acceptors (Lipinski definition) is 2. The lowest BCUT2D eigenvalue weighted by Crippen LogP contribution is -2.31. The Hall–Kier alpha value is -0.860. The highest BCUT2D eigenvalue weighted by Gasteiger charge is 2.11. The molecule has 1 aromatic rings. The molecule has 0 aromatic heterocycles. The maximum absolute atomic E-state index is 3.64. The predicted octanol–water partition coefficient (Wildman–Crippen LogP) is 3.24. The van der Waals surface area contributed by atoms with Crippen LogP contribution in [-0.4, -0.2) is 32.1 Å². The molecule has 0 bridgehead atoms. The number of nitrogens with zero attached hydrogens (tertiary/aromatic N) is 1. The van der Waals surface area contributed by atoms with E-state index in [1.165, 1.54) is 30.4 Å². The molecule has 0 amide bonds. The van der Waals surface area contributed by atoms with E-state index in [0.717, 1.165) is 13.1 Å². The Kier molecular flexibility index (Phi) is 6.99. The van der Waals surface area contributed by atoms with Gasteiger partial charge in [0, 0.05) is 12.6 Å². The summed E-state index contributed by atoms with van der Waals surface area (Å²) in [6, 6.07) is 9.48. The summed E-state index contributed by atoms with van der Waals surface area (Å²) in [4.78, 5) is 2.25. The van der Waals surface area contributed by atoms with Crippen LogP contribution >= 0.6 is 0 Å². The Bertz CT molecular complexity index is 334. The molecule has 0 saturated carbocycles. The van der Waals surface area contributed by atoms with Crippen LogP contribution in [0.15, 0.2) is 24.3 Å². The van der Waals surface area contributed by atoms with E-state index >= 15 is 0 Å². The van der Waals surface area contributed by atoms with E-state index in [1.54, 1.807) is 0 Å². The van der Waals surface area contributed by atoms with Gasteiger partial charge in [-0.05, 0) is 44.6 Å². The zero-order chi connectivity index (χ0) is 13.4. The summed E-state index contributed by atoms with van der Waals surface area (Å²) in [6.07, 6.45) is 3.57. The zero-order valence-electron chi connectivity index (χ0n) is 12.4. The van der Waals surface area contributed by atoms with Crippen LogP contribution in [0.2, 0.25) is 0 Å². The second-order valence-corrected chi connectivity index (χ2v) is 5.26. The number of benzene rings is 1. The van der Waals surface area contributed by atoms with E-state index in [0.29, 0.717) is 6.04 Å². The molecule has 1 rings (SSSR count). The summed E-state index contributed by atoms with van der Waals surface area (Å²) in [5.41, 5.74) is 2.88. The molecule has 1 atom stereocenters. The molecule has 1 unspecified atom stereocenters. The molecule has 18 heavy (non-hydrogen) atoms. The standard InChI is InChI=1S/C16H28N2/c1-5-8-14-9-7-10-15(12-14)16(13-18(3)4)17-11-6-2/h7,9-10,12,16-17H,5-6,8,11,13H2,1-4H3. The van der Waals surface area contributed by atoms with Gasteiger partial charge in [0.1, 0.15) is 0 Å². The molecule has 0 fully saturated rings. The molecular weight excluding hydrogens is 220 g/mol. The van der Waals surface area contributed by atoms with Crippen molar-refractivity contribution in [3.05, 3.63) is 35.4 Å². The van der Waals surface area contributed by atoms with E-state index in [2.05, 4.69) is 62.4 Å². The van der Waals surface area contributed by atoms with E-state index in [4.69, 9.17) is 0 Å². The maximum atomic E-state index is 3.64. The van der Waals surface area contributed by atoms with Gasteiger partial charge in [-0.2, -0.15) is 0 Å². The first-order chi connectivity index (χ1) is 8.67. The summed E-state index contributed by atoms with van der Waals surface area (Å²) in [7, 11) is 4.27. The third-order valence-electron chi connectivity index (χ3n) is 3.08. The highest BCUT2D eigenvalue weighted by molar-refractivity contribution is 5.26. The number of rotatable bonds is 8. The van der Waals surface area contributed by atoms with Gasteiger partial charge in [-0.1, -0.05) is 44.5 Å². The molecule has 0 spiro atoms. The Morgan fingerprint density at radius 2 is 1.94 bits per heavy atom. The van der Waals surface area contributed by atoms with Crippen LogP contribution in [0.25, 0.3) is 0 Å². The van der Waals surface area contributed by atoms with Crippen molar-refractivity contribution in [2.24, 2.45) is 0 Å². The van der Waals surface area contributed by atoms with Crippen LogP contribution in [0.5, 0.6) is 0 Å². The topological polar surface area (TPSA) is 15.3 Å². The monoisotopic (exact) mass is 248 g/mol. The zero-order valence-corrected chi connectivity index (χ0v) is 12.4. The molecule has 0 heterocycles. The Labute approximate surface area is 112 Å². The van der Waals surface area contributed by atoms with Crippen LogP contribution in [-0.2, 0) is 6.42 Å². The average molecular weight is 248 g/mol. The summed E-state index contributed by atoms with van der Waals surface area (Å²) >= 11 is 0. The van der Waals surface area contributed by atoms with Crippen LogP contribution in [0.3, 0.4) is 0 Å². The minimum atomic E-state index is 0.441. The summed E-state index contributed by atoms with van der Waals surface area (Å²) in [5.74, 6) is 0. The Morgan fingerprint density at radius 3 is 2.56 bits per heavy atom. The van der Waals surface area contributed by atoms with Crippen LogP contribution < -0.4 is 5.32 Å². The Balaban J connectivity index is 2.78. The number of hydrogen-bond donors (Lipinski definition) is 1. The van der Waals surface area contributed by atoms with E-state index < -0.39 is 0 Å². The smallest absolute Gasteiger partial charge is 0.0449 e. The normalized spacial score (nSPS) is 12.9. The molecule has 1 N–H and O–H groups in total. The molecule has 102 valence electrons. The summed E-state index contributed by atoms with van der Waals surface area (Å²) in [5, 5.41) is 3.64. The van der Waals surface area contributed by atoms with Crippen LogP contribution in [0.1, 0.15) is 43.9 Å². The predicted molar refractivity (Wildman–Crippen MR) is 80.0 cm³/mol. The van der Waals surface area contributed by atoms with Gasteiger partial charge in [0.05, 0.1) is 0 Å². The van der Waals surface area contributed by atoms with Gasteiger partial charge < -0.3 is 10.2 Å². The largest absolute Gasteiger partial charge is 0.309 e. The third-order valence-corrected chi connectivity index (χ3v) is 3.08. The number of nitrogens with one attached hydrogen (secondary N) is 1. The second-order valence-electron chi connectivity index (χ2n) is 5.26. The van der Waals surface area contributed by atoms with Gasteiger partial charge >= 0.3 is 0 Å². The molecule has 1 aromatic carbocycles. The highest BCUT2D eigenvalue weighted by atomic mass is 15.1. The van der Waals surface area contributed by atoms with Gasteiger partial charge in [0.15, 0.2) is 0 Å². The van der Waals surface area contributed by atoms with Crippen molar-refractivity contribution >= 4 is 0 Å². The van der Waals surface area contributed by atoms with E-state index in [9.17, 15) is 0 Å². The molecular formula is C16H28N2.